The molecule has 1 rings (SSSR count). The van der Waals surface area contributed by atoms with Crippen LogP contribution in [0.3, 0.4) is 0 Å². The highest BCUT2D eigenvalue weighted by Crippen LogP contribution is 2.37. The van der Waals surface area contributed by atoms with E-state index in [1.807, 2.05) is 19.1 Å². The van der Waals surface area contributed by atoms with E-state index in [0.29, 0.717) is 6.42 Å². The molecule has 1 aliphatic carbocycles. The van der Waals surface area contributed by atoms with Crippen molar-refractivity contribution >= 4 is 5.97 Å². The lowest BCUT2D eigenvalue weighted by molar-refractivity contribution is -0.171. The maximum atomic E-state index is 11.8. The molecule has 0 aromatic heterocycles. The third kappa shape index (κ3) is 2.85. The summed E-state index contributed by atoms with van der Waals surface area (Å²) in [7, 11) is 0. The normalized spacial score (nSPS) is 30.2. The van der Waals surface area contributed by atoms with E-state index in [9.17, 15) is 9.90 Å². The molecule has 0 amide bonds. The zero-order valence-corrected chi connectivity index (χ0v) is 10.4. The van der Waals surface area contributed by atoms with Crippen LogP contribution in [0.25, 0.3) is 0 Å². The molecule has 0 aromatic rings. The molecule has 1 saturated carbocycles. The molecule has 0 unspecified atom stereocenters. The number of carbonyl (C=O) groups excluding carboxylic acids is 1. The third-order valence-electron chi connectivity index (χ3n) is 2.99. The van der Waals surface area contributed by atoms with Crippen molar-refractivity contribution in [3.05, 3.63) is 12.2 Å². The summed E-state index contributed by atoms with van der Waals surface area (Å²) in [5, 5.41) is 10.4. The minimum Gasteiger partial charge on any atom is -0.461 e. The third-order valence-corrected chi connectivity index (χ3v) is 2.99. The van der Waals surface area contributed by atoms with Crippen LogP contribution in [-0.4, -0.2) is 22.8 Å². The van der Waals surface area contributed by atoms with E-state index in [1.54, 1.807) is 13.8 Å². The molecule has 3 nitrogen and oxygen atoms in total. The van der Waals surface area contributed by atoms with Crippen molar-refractivity contribution in [3.63, 3.8) is 0 Å². The van der Waals surface area contributed by atoms with Gasteiger partial charge in [0.25, 0.3) is 0 Å². The van der Waals surface area contributed by atoms with Crippen molar-refractivity contribution in [2.75, 3.05) is 0 Å². The van der Waals surface area contributed by atoms with E-state index in [1.165, 1.54) is 0 Å². The molecule has 0 bridgehead atoms. The first-order valence-electron chi connectivity index (χ1n) is 6.10. The van der Waals surface area contributed by atoms with Crippen molar-refractivity contribution in [3.8, 4) is 0 Å². The van der Waals surface area contributed by atoms with E-state index >= 15 is 0 Å². The fraction of sp³-hybridized carbons (Fsp3) is 0.769. The zero-order chi connectivity index (χ0) is 12.2. The summed E-state index contributed by atoms with van der Waals surface area (Å²) in [5.74, 6) is -0.551. The maximum absolute atomic E-state index is 11.8. The van der Waals surface area contributed by atoms with Crippen molar-refractivity contribution in [1.29, 1.82) is 0 Å². The molecule has 16 heavy (non-hydrogen) atoms. The molecule has 0 aliphatic heterocycles. The highest BCUT2D eigenvalue weighted by atomic mass is 16.6. The fourth-order valence-electron chi connectivity index (χ4n) is 2.14. The summed E-state index contributed by atoms with van der Waals surface area (Å²) in [5.41, 5.74) is -1.30. The molecule has 1 aliphatic rings. The monoisotopic (exact) mass is 226 g/mol. The molecular formula is C13H22O3. The molecule has 0 spiro atoms. The molecule has 2 atom stereocenters. The summed E-state index contributed by atoms with van der Waals surface area (Å²) in [6, 6.07) is 0. The number of carbonyl (C=O) groups is 1. The van der Waals surface area contributed by atoms with E-state index in [2.05, 4.69) is 0 Å². The number of hydrogen-bond acceptors (Lipinski definition) is 3. The molecular weight excluding hydrogens is 204 g/mol. The van der Waals surface area contributed by atoms with Crippen LogP contribution in [-0.2, 0) is 9.53 Å². The van der Waals surface area contributed by atoms with Crippen LogP contribution in [0, 0.1) is 5.92 Å². The molecule has 1 fully saturated rings. The lowest BCUT2D eigenvalue weighted by Gasteiger charge is -2.26. The summed E-state index contributed by atoms with van der Waals surface area (Å²) < 4.78 is 5.12. The Morgan fingerprint density at radius 2 is 2.31 bits per heavy atom. The van der Waals surface area contributed by atoms with Gasteiger partial charge in [-0.1, -0.05) is 19.1 Å². The van der Waals surface area contributed by atoms with Crippen molar-refractivity contribution in [2.45, 2.75) is 58.2 Å². The lowest BCUT2D eigenvalue weighted by Crippen LogP contribution is -2.43. The summed E-state index contributed by atoms with van der Waals surface area (Å²) in [6.45, 7) is 5.64. The van der Waals surface area contributed by atoms with Gasteiger partial charge in [0.2, 0.25) is 0 Å². The Morgan fingerprint density at radius 1 is 1.62 bits per heavy atom. The second-order valence-electron chi connectivity index (χ2n) is 4.71. The van der Waals surface area contributed by atoms with Gasteiger partial charge in [-0.25, -0.2) is 4.79 Å². The minimum absolute atomic E-state index is 0.0845. The number of rotatable bonds is 4. The molecule has 92 valence electrons. The molecule has 0 aromatic carbocycles. The van der Waals surface area contributed by atoms with E-state index < -0.39 is 11.6 Å². The molecule has 0 heterocycles. The Kier molecular flexibility index (Phi) is 4.54. The van der Waals surface area contributed by atoms with E-state index in [4.69, 9.17) is 4.74 Å². The molecule has 0 radical (unpaired) electrons. The Morgan fingerprint density at radius 3 is 2.88 bits per heavy atom. The van der Waals surface area contributed by atoms with Gasteiger partial charge in [0.15, 0.2) is 5.60 Å². The summed E-state index contributed by atoms with van der Waals surface area (Å²) >= 11 is 0. The van der Waals surface area contributed by atoms with Crippen molar-refractivity contribution < 1.29 is 14.6 Å². The van der Waals surface area contributed by atoms with E-state index in [0.717, 1.165) is 19.3 Å². The summed E-state index contributed by atoms with van der Waals surface area (Å²) in [4.78, 5) is 11.8. The Labute approximate surface area is 97.5 Å². The first-order chi connectivity index (χ1) is 7.50. The average molecular weight is 226 g/mol. The summed E-state index contributed by atoms with van der Waals surface area (Å²) in [6.07, 6.45) is 6.96. The molecule has 3 heteroatoms. The number of esters is 1. The standard InChI is InChI=1S/C13H22O3/c1-4-5-7-11-8-6-9-13(11,15)12(14)16-10(2)3/h5,7,10-11,15H,4,6,8-9H2,1-3H3/b7-5+/t11-,13+/m1/s1. The van der Waals surface area contributed by atoms with Crippen LogP contribution in [0.15, 0.2) is 12.2 Å². The highest BCUT2D eigenvalue weighted by Gasteiger charge is 2.47. The number of hydrogen-bond donors (Lipinski definition) is 1. The molecule has 1 N–H and O–H groups in total. The number of ether oxygens (including phenoxy) is 1. The van der Waals surface area contributed by atoms with Gasteiger partial charge in [-0.3, -0.25) is 0 Å². The van der Waals surface area contributed by atoms with Gasteiger partial charge in [-0.05, 0) is 39.5 Å². The van der Waals surface area contributed by atoms with Gasteiger partial charge in [0.05, 0.1) is 6.10 Å². The van der Waals surface area contributed by atoms with Gasteiger partial charge in [-0.15, -0.1) is 0 Å². The predicted octanol–water partition coefficient (Wildman–Crippen LogP) is 2.44. The van der Waals surface area contributed by atoms with Crippen LogP contribution in [0.1, 0.15) is 46.5 Å². The van der Waals surface area contributed by atoms with Crippen LogP contribution < -0.4 is 0 Å². The topological polar surface area (TPSA) is 46.5 Å². The smallest absolute Gasteiger partial charge is 0.338 e. The minimum atomic E-state index is -1.30. The van der Waals surface area contributed by atoms with Crippen molar-refractivity contribution in [2.24, 2.45) is 5.92 Å². The van der Waals surface area contributed by atoms with Crippen LogP contribution in [0.5, 0.6) is 0 Å². The van der Waals surface area contributed by atoms with Crippen LogP contribution in [0.2, 0.25) is 0 Å². The first kappa shape index (κ1) is 13.2. The van der Waals surface area contributed by atoms with Gasteiger partial charge in [-0.2, -0.15) is 0 Å². The van der Waals surface area contributed by atoms with Gasteiger partial charge in [0, 0.05) is 5.92 Å². The maximum Gasteiger partial charge on any atom is 0.338 e. The molecule has 0 saturated heterocycles. The van der Waals surface area contributed by atoms with Crippen LogP contribution in [0.4, 0.5) is 0 Å². The second kappa shape index (κ2) is 5.48. The lowest BCUT2D eigenvalue weighted by atomic mass is 9.90. The SMILES string of the molecule is CC/C=C/[C@@H]1CCC[C@@]1(O)C(=O)OC(C)C. The Bertz CT molecular complexity index is 270. The van der Waals surface area contributed by atoms with Gasteiger partial charge >= 0.3 is 5.97 Å². The van der Waals surface area contributed by atoms with Gasteiger partial charge in [0.1, 0.15) is 0 Å². The van der Waals surface area contributed by atoms with E-state index in [-0.39, 0.29) is 12.0 Å². The average Bonchev–Trinajstić information content (AvgIpc) is 2.57. The second-order valence-corrected chi connectivity index (χ2v) is 4.71. The number of allylic oxidation sites excluding steroid dienone is 1. The Balaban J connectivity index is 2.73. The Hall–Kier alpha value is -0.830. The number of aliphatic hydroxyl groups is 1. The first-order valence-corrected chi connectivity index (χ1v) is 6.10. The highest BCUT2D eigenvalue weighted by molar-refractivity contribution is 5.80. The predicted molar refractivity (Wildman–Crippen MR) is 62.9 cm³/mol. The zero-order valence-electron chi connectivity index (χ0n) is 10.4. The van der Waals surface area contributed by atoms with Crippen molar-refractivity contribution in [1.82, 2.24) is 0 Å². The quantitative estimate of drug-likeness (QED) is 0.591. The van der Waals surface area contributed by atoms with Crippen LogP contribution >= 0.6 is 0 Å². The largest absolute Gasteiger partial charge is 0.461 e. The van der Waals surface area contributed by atoms with Gasteiger partial charge < -0.3 is 9.84 Å². The fourth-order valence-corrected chi connectivity index (χ4v) is 2.14.